The highest BCUT2D eigenvalue weighted by Crippen LogP contribution is 2.25. The summed E-state index contributed by atoms with van der Waals surface area (Å²) in [5.74, 6) is -3.06. The highest BCUT2D eigenvalue weighted by Gasteiger charge is 2.15. The van der Waals surface area contributed by atoms with Crippen LogP contribution in [0.15, 0.2) is 40.9 Å². The molecule has 0 aliphatic carbocycles. The molecule has 7 heteroatoms. The van der Waals surface area contributed by atoms with E-state index in [2.05, 4.69) is 21.2 Å². The van der Waals surface area contributed by atoms with Crippen LogP contribution in [-0.2, 0) is 0 Å². The molecule has 0 fully saturated rings. The summed E-state index contributed by atoms with van der Waals surface area (Å²) in [6.07, 6.45) is 0. The number of aromatic carboxylic acids is 1. The number of anilines is 1. The number of benzene rings is 2. The Balaban J connectivity index is 2.33. The SMILES string of the molecule is O=C(O)c1ccc(O)c(NC(=O)c2cc(Br)ccc2F)c1. The van der Waals surface area contributed by atoms with Crippen molar-refractivity contribution in [2.24, 2.45) is 0 Å². The normalized spacial score (nSPS) is 10.2. The van der Waals surface area contributed by atoms with E-state index in [1.54, 1.807) is 0 Å². The Morgan fingerprint density at radius 1 is 1.14 bits per heavy atom. The third-order valence-electron chi connectivity index (χ3n) is 2.66. The van der Waals surface area contributed by atoms with Gasteiger partial charge in [0.1, 0.15) is 11.6 Å². The van der Waals surface area contributed by atoms with E-state index in [4.69, 9.17) is 5.11 Å². The van der Waals surface area contributed by atoms with E-state index in [0.717, 1.165) is 18.2 Å². The van der Waals surface area contributed by atoms with Gasteiger partial charge in [0.2, 0.25) is 0 Å². The molecule has 0 unspecified atom stereocenters. The largest absolute Gasteiger partial charge is 0.506 e. The number of nitrogens with one attached hydrogen (secondary N) is 1. The van der Waals surface area contributed by atoms with E-state index in [9.17, 15) is 19.1 Å². The molecule has 0 aromatic heterocycles. The van der Waals surface area contributed by atoms with E-state index < -0.39 is 17.7 Å². The number of phenolic OH excluding ortho intramolecular Hbond substituents is 1. The molecule has 5 nitrogen and oxygen atoms in total. The summed E-state index contributed by atoms with van der Waals surface area (Å²) in [5, 5.41) is 20.8. The minimum absolute atomic E-state index is 0.112. The van der Waals surface area contributed by atoms with Crippen LogP contribution >= 0.6 is 15.9 Å². The van der Waals surface area contributed by atoms with E-state index in [-0.39, 0.29) is 22.6 Å². The van der Waals surface area contributed by atoms with Gasteiger partial charge >= 0.3 is 5.97 Å². The lowest BCUT2D eigenvalue weighted by Crippen LogP contribution is -2.14. The molecular weight excluding hydrogens is 345 g/mol. The lowest BCUT2D eigenvalue weighted by Gasteiger charge is -2.09. The maximum atomic E-state index is 13.6. The minimum atomic E-state index is -1.21. The first-order valence-corrected chi connectivity index (χ1v) is 6.50. The number of hydrogen-bond donors (Lipinski definition) is 3. The molecule has 0 saturated heterocycles. The first-order chi connectivity index (χ1) is 9.88. The van der Waals surface area contributed by atoms with Crippen molar-refractivity contribution in [3.8, 4) is 5.75 Å². The Kier molecular flexibility index (Phi) is 4.23. The predicted molar refractivity (Wildman–Crippen MR) is 77.1 cm³/mol. The molecule has 0 spiro atoms. The zero-order valence-corrected chi connectivity index (χ0v) is 12.0. The van der Waals surface area contributed by atoms with Crippen molar-refractivity contribution in [3.63, 3.8) is 0 Å². The fourth-order valence-electron chi connectivity index (χ4n) is 1.63. The average Bonchev–Trinajstić information content (AvgIpc) is 2.43. The summed E-state index contributed by atoms with van der Waals surface area (Å²) >= 11 is 3.12. The van der Waals surface area contributed by atoms with Crippen molar-refractivity contribution >= 4 is 33.5 Å². The molecule has 1 amide bonds. The number of carboxylic acid groups (broad SMARTS) is 1. The highest BCUT2D eigenvalue weighted by molar-refractivity contribution is 9.10. The van der Waals surface area contributed by atoms with Gasteiger partial charge in [0.05, 0.1) is 16.8 Å². The maximum absolute atomic E-state index is 13.6. The Bertz CT molecular complexity index is 733. The van der Waals surface area contributed by atoms with Crippen molar-refractivity contribution in [3.05, 3.63) is 57.8 Å². The summed E-state index contributed by atoms with van der Waals surface area (Å²) in [4.78, 5) is 22.8. The number of hydrogen-bond acceptors (Lipinski definition) is 3. The second-order valence-electron chi connectivity index (χ2n) is 4.12. The fourth-order valence-corrected chi connectivity index (χ4v) is 1.99. The number of rotatable bonds is 3. The first kappa shape index (κ1) is 15.0. The van der Waals surface area contributed by atoms with Crippen molar-refractivity contribution in [1.29, 1.82) is 0 Å². The molecule has 0 aliphatic heterocycles. The van der Waals surface area contributed by atoms with E-state index >= 15 is 0 Å². The van der Waals surface area contributed by atoms with Crippen LogP contribution < -0.4 is 5.32 Å². The highest BCUT2D eigenvalue weighted by atomic mass is 79.9. The summed E-state index contributed by atoms with van der Waals surface area (Å²) in [5.41, 5.74) is -0.457. The first-order valence-electron chi connectivity index (χ1n) is 5.71. The summed E-state index contributed by atoms with van der Waals surface area (Å²) in [7, 11) is 0. The van der Waals surface area contributed by atoms with Gasteiger partial charge < -0.3 is 15.5 Å². The van der Waals surface area contributed by atoms with Gasteiger partial charge in [0.25, 0.3) is 5.91 Å². The van der Waals surface area contributed by atoms with Gasteiger partial charge in [-0.2, -0.15) is 0 Å². The van der Waals surface area contributed by atoms with Crippen LogP contribution in [0, 0.1) is 5.82 Å². The average molecular weight is 354 g/mol. The van der Waals surface area contributed by atoms with Gasteiger partial charge in [-0.3, -0.25) is 4.79 Å². The molecule has 2 aromatic rings. The van der Waals surface area contributed by atoms with Gasteiger partial charge in [-0.05, 0) is 36.4 Å². The third kappa shape index (κ3) is 3.38. The van der Waals surface area contributed by atoms with E-state index in [1.165, 1.54) is 18.2 Å². The van der Waals surface area contributed by atoms with Crippen molar-refractivity contribution in [2.45, 2.75) is 0 Å². The lowest BCUT2D eigenvalue weighted by atomic mass is 10.1. The topological polar surface area (TPSA) is 86.6 Å². The summed E-state index contributed by atoms with van der Waals surface area (Å²) in [6.45, 7) is 0. The Hall–Kier alpha value is -2.41. The standard InChI is InChI=1S/C14H9BrFNO4/c15-8-2-3-10(16)9(6-8)13(19)17-11-5-7(14(20)21)1-4-12(11)18/h1-6,18H,(H,17,19)(H,20,21). The number of carbonyl (C=O) groups excluding carboxylic acids is 1. The molecule has 0 bridgehead atoms. The molecule has 0 heterocycles. The monoisotopic (exact) mass is 353 g/mol. The Labute approximate surface area is 127 Å². The van der Waals surface area contributed by atoms with Crippen molar-refractivity contribution in [1.82, 2.24) is 0 Å². The maximum Gasteiger partial charge on any atom is 0.335 e. The zero-order chi connectivity index (χ0) is 15.6. The third-order valence-corrected chi connectivity index (χ3v) is 3.16. The second kappa shape index (κ2) is 5.92. The number of carbonyl (C=O) groups is 2. The van der Waals surface area contributed by atoms with Gasteiger partial charge in [0.15, 0.2) is 0 Å². The fraction of sp³-hybridized carbons (Fsp3) is 0. The molecule has 2 aromatic carbocycles. The van der Waals surface area contributed by atoms with Crippen LogP contribution in [0.1, 0.15) is 20.7 Å². The van der Waals surface area contributed by atoms with Crippen LogP contribution in [0.5, 0.6) is 5.75 Å². The molecule has 0 radical (unpaired) electrons. The molecule has 108 valence electrons. The predicted octanol–water partition coefficient (Wildman–Crippen LogP) is 3.24. The van der Waals surface area contributed by atoms with Crippen molar-refractivity contribution in [2.75, 3.05) is 5.32 Å². The lowest BCUT2D eigenvalue weighted by molar-refractivity contribution is 0.0696. The van der Waals surface area contributed by atoms with Crippen molar-refractivity contribution < 1.29 is 24.2 Å². The van der Waals surface area contributed by atoms with Crippen LogP contribution in [-0.4, -0.2) is 22.1 Å². The van der Waals surface area contributed by atoms with Gasteiger partial charge in [0, 0.05) is 4.47 Å². The van der Waals surface area contributed by atoms with Gasteiger partial charge in [-0.1, -0.05) is 15.9 Å². The summed E-state index contributed by atoms with van der Waals surface area (Å²) in [6, 6.07) is 7.25. The van der Waals surface area contributed by atoms with E-state index in [0.29, 0.717) is 4.47 Å². The molecule has 2 rings (SSSR count). The van der Waals surface area contributed by atoms with Crippen LogP contribution in [0.2, 0.25) is 0 Å². The quantitative estimate of drug-likeness (QED) is 0.739. The Morgan fingerprint density at radius 3 is 2.52 bits per heavy atom. The Morgan fingerprint density at radius 2 is 1.86 bits per heavy atom. The van der Waals surface area contributed by atoms with Crippen LogP contribution in [0.4, 0.5) is 10.1 Å². The molecule has 0 aliphatic rings. The van der Waals surface area contributed by atoms with Gasteiger partial charge in [-0.15, -0.1) is 0 Å². The second-order valence-corrected chi connectivity index (χ2v) is 5.03. The number of carboxylic acids is 1. The molecule has 0 saturated carbocycles. The minimum Gasteiger partial charge on any atom is -0.506 e. The molecule has 3 N–H and O–H groups in total. The summed E-state index contributed by atoms with van der Waals surface area (Å²) < 4.78 is 14.1. The zero-order valence-electron chi connectivity index (χ0n) is 10.4. The molecule has 21 heavy (non-hydrogen) atoms. The number of phenols is 1. The number of aromatic hydroxyl groups is 1. The van der Waals surface area contributed by atoms with Crippen LogP contribution in [0.25, 0.3) is 0 Å². The van der Waals surface area contributed by atoms with E-state index in [1.807, 2.05) is 0 Å². The number of amides is 1. The smallest absolute Gasteiger partial charge is 0.335 e. The van der Waals surface area contributed by atoms with Crippen LogP contribution in [0.3, 0.4) is 0 Å². The molecular formula is C14H9BrFNO4. The number of halogens is 2. The van der Waals surface area contributed by atoms with Gasteiger partial charge in [-0.25, -0.2) is 9.18 Å². The molecule has 0 atom stereocenters.